The number of nitrogens with zero attached hydrogens (tertiary/aromatic N) is 1. The molecule has 0 aliphatic carbocycles. The van der Waals surface area contributed by atoms with Gasteiger partial charge in [0.1, 0.15) is 0 Å². The Balaban J connectivity index is 0.00000108. The number of aromatic nitrogens is 1. The van der Waals surface area contributed by atoms with Gasteiger partial charge in [-0.15, -0.1) is 12.4 Å². The smallest absolute Gasteiger partial charge is 0.0460 e. The molecule has 1 aliphatic rings. The van der Waals surface area contributed by atoms with Crippen molar-refractivity contribution >= 4 is 28.9 Å². The van der Waals surface area contributed by atoms with Crippen LogP contribution in [0.25, 0.3) is 16.5 Å². The number of hydrogen-bond donors (Lipinski definition) is 1. The molecule has 1 aromatic carbocycles. The topological polar surface area (TPSA) is 19.0 Å². The number of hydrogen-bond acceptors (Lipinski definition) is 1. The zero-order valence-electron chi connectivity index (χ0n) is 9.94. The van der Waals surface area contributed by atoms with Crippen LogP contribution in [0.15, 0.2) is 36.5 Å². The minimum Gasteiger partial charge on any atom is -0.361 e. The van der Waals surface area contributed by atoms with Gasteiger partial charge in [-0.05, 0) is 25.1 Å². The van der Waals surface area contributed by atoms with Crippen molar-refractivity contribution in [3.05, 3.63) is 42.1 Å². The largest absolute Gasteiger partial charge is 0.361 e. The lowest BCUT2D eigenvalue weighted by atomic mass is 9.99. The van der Waals surface area contributed by atoms with Crippen LogP contribution in [0.2, 0.25) is 0 Å². The SMILES string of the molecule is CN1CC=C(c2c[nH]c3ccccc23)CC1.Cl. The highest BCUT2D eigenvalue weighted by molar-refractivity contribution is 5.92. The number of likely N-dealkylation sites (N-methyl/N-ethyl adjacent to an activating group) is 1. The minimum absolute atomic E-state index is 0. The van der Waals surface area contributed by atoms with Gasteiger partial charge in [0.05, 0.1) is 0 Å². The Labute approximate surface area is 108 Å². The van der Waals surface area contributed by atoms with Gasteiger partial charge in [0.15, 0.2) is 0 Å². The van der Waals surface area contributed by atoms with Crippen molar-refractivity contribution < 1.29 is 0 Å². The Morgan fingerprint density at radius 1 is 1.24 bits per heavy atom. The number of para-hydroxylation sites is 1. The molecule has 90 valence electrons. The van der Waals surface area contributed by atoms with Crippen LogP contribution in [-0.2, 0) is 0 Å². The Morgan fingerprint density at radius 2 is 2.06 bits per heavy atom. The van der Waals surface area contributed by atoms with Crippen molar-refractivity contribution in [1.82, 2.24) is 9.88 Å². The number of rotatable bonds is 1. The number of benzene rings is 1. The van der Waals surface area contributed by atoms with Crippen molar-refractivity contribution in [2.75, 3.05) is 20.1 Å². The van der Waals surface area contributed by atoms with Crippen molar-refractivity contribution in [3.63, 3.8) is 0 Å². The van der Waals surface area contributed by atoms with Gasteiger partial charge in [0, 0.05) is 35.8 Å². The maximum Gasteiger partial charge on any atom is 0.0460 e. The Morgan fingerprint density at radius 3 is 2.82 bits per heavy atom. The summed E-state index contributed by atoms with van der Waals surface area (Å²) < 4.78 is 0. The average Bonchev–Trinajstić information content (AvgIpc) is 2.74. The first kappa shape index (κ1) is 12.2. The molecule has 0 spiro atoms. The van der Waals surface area contributed by atoms with E-state index in [4.69, 9.17) is 0 Å². The molecule has 3 rings (SSSR count). The third-order valence-electron chi connectivity index (χ3n) is 3.35. The third kappa shape index (κ3) is 2.24. The summed E-state index contributed by atoms with van der Waals surface area (Å²) >= 11 is 0. The fourth-order valence-corrected chi connectivity index (χ4v) is 2.35. The summed E-state index contributed by atoms with van der Waals surface area (Å²) in [5, 5.41) is 1.35. The maximum absolute atomic E-state index is 3.34. The van der Waals surface area contributed by atoms with E-state index in [1.165, 1.54) is 22.0 Å². The van der Waals surface area contributed by atoms with Gasteiger partial charge in [0.25, 0.3) is 0 Å². The van der Waals surface area contributed by atoms with Crippen LogP contribution in [0.4, 0.5) is 0 Å². The molecule has 0 radical (unpaired) electrons. The minimum atomic E-state index is 0. The summed E-state index contributed by atoms with van der Waals surface area (Å²) in [6.45, 7) is 2.22. The molecule has 3 heteroatoms. The second-order valence-electron chi connectivity index (χ2n) is 4.49. The van der Waals surface area contributed by atoms with E-state index in [-0.39, 0.29) is 12.4 Å². The van der Waals surface area contributed by atoms with E-state index >= 15 is 0 Å². The Bertz CT molecular complexity index is 542. The zero-order valence-corrected chi connectivity index (χ0v) is 10.8. The van der Waals surface area contributed by atoms with Crippen LogP contribution in [0.1, 0.15) is 12.0 Å². The van der Waals surface area contributed by atoms with Crippen LogP contribution in [0.5, 0.6) is 0 Å². The quantitative estimate of drug-likeness (QED) is 0.821. The number of fused-ring (bicyclic) bond motifs is 1. The van der Waals surface area contributed by atoms with E-state index in [1.807, 2.05) is 0 Å². The van der Waals surface area contributed by atoms with Crippen LogP contribution < -0.4 is 0 Å². The zero-order chi connectivity index (χ0) is 11.0. The fourth-order valence-electron chi connectivity index (χ4n) is 2.35. The Hall–Kier alpha value is -1.25. The lowest BCUT2D eigenvalue weighted by Crippen LogP contribution is -2.23. The van der Waals surface area contributed by atoms with Crippen LogP contribution in [0.3, 0.4) is 0 Å². The predicted molar refractivity (Wildman–Crippen MR) is 75.6 cm³/mol. The normalized spacial score (nSPS) is 16.6. The average molecular weight is 249 g/mol. The highest BCUT2D eigenvalue weighted by Crippen LogP contribution is 2.28. The molecular formula is C14H17ClN2. The van der Waals surface area contributed by atoms with E-state index in [9.17, 15) is 0 Å². The molecule has 0 bridgehead atoms. The molecule has 2 aromatic rings. The monoisotopic (exact) mass is 248 g/mol. The molecule has 2 nitrogen and oxygen atoms in total. The van der Waals surface area contributed by atoms with Crippen LogP contribution in [0, 0.1) is 0 Å². The second-order valence-corrected chi connectivity index (χ2v) is 4.49. The molecule has 2 heterocycles. The van der Waals surface area contributed by atoms with Gasteiger partial charge in [-0.25, -0.2) is 0 Å². The predicted octanol–water partition coefficient (Wildman–Crippen LogP) is 3.31. The molecule has 1 aliphatic heterocycles. The summed E-state index contributed by atoms with van der Waals surface area (Å²) in [6.07, 6.45) is 5.64. The molecule has 0 saturated carbocycles. The van der Waals surface area contributed by atoms with E-state index in [0.29, 0.717) is 0 Å². The molecule has 0 unspecified atom stereocenters. The van der Waals surface area contributed by atoms with Gasteiger partial charge in [-0.1, -0.05) is 24.3 Å². The number of H-pyrrole nitrogens is 1. The molecule has 0 fully saturated rings. The van der Waals surface area contributed by atoms with Crippen molar-refractivity contribution in [1.29, 1.82) is 0 Å². The number of halogens is 1. The van der Waals surface area contributed by atoms with Crippen molar-refractivity contribution in [2.45, 2.75) is 6.42 Å². The second kappa shape index (κ2) is 4.94. The molecular weight excluding hydrogens is 232 g/mol. The van der Waals surface area contributed by atoms with E-state index < -0.39 is 0 Å². The van der Waals surface area contributed by atoms with E-state index in [2.05, 4.69) is 53.5 Å². The molecule has 1 N–H and O–H groups in total. The van der Waals surface area contributed by atoms with Gasteiger partial charge in [0.2, 0.25) is 0 Å². The van der Waals surface area contributed by atoms with Gasteiger partial charge in [-0.3, -0.25) is 0 Å². The number of nitrogens with one attached hydrogen (secondary N) is 1. The van der Waals surface area contributed by atoms with Gasteiger partial charge >= 0.3 is 0 Å². The third-order valence-corrected chi connectivity index (χ3v) is 3.35. The molecule has 0 saturated heterocycles. The van der Waals surface area contributed by atoms with Gasteiger partial charge in [-0.2, -0.15) is 0 Å². The summed E-state index contributed by atoms with van der Waals surface area (Å²) in [4.78, 5) is 5.69. The molecule has 1 aromatic heterocycles. The standard InChI is InChI=1S/C14H16N2.ClH/c1-16-8-6-11(7-9-16)13-10-15-14-5-3-2-4-12(13)14;/h2-6,10,15H,7-9H2,1H3;1H. The fraction of sp³-hybridized carbons (Fsp3) is 0.286. The first-order valence-electron chi connectivity index (χ1n) is 5.78. The summed E-state index contributed by atoms with van der Waals surface area (Å²) in [7, 11) is 2.17. The number of aromatic amines is 1. The van der Waals surface area contributed by atoms with Crippen molar-refractivity contribution in [3.8, 4) is 0 Å². The Kier molecular flexibility index (Phi) is 3.55. The highest BCUT2D eigenvalue weighted by atomic mass is 35.5. The van der Waals surface area contributed by atoms with Crippen molar-refractivity contribution in [2.24, 2.45) is 0 Å². The van der Waals surface area contributed by atoms with Crippen LogP contribution in [-0.4, -0.2) is 30.0 Å². The lowest BCUT2D eigenvalue weighted by molar-refractivity contribution is 0.370. The van der Waals surface area contributed by atoms with Crippen LogP contribution >= 0.6 is 12.4 Å². The molecule has 0 amide bonds. The molecule has 0 atom stereocenters. The summed E-state index contributed by atoms with van der Waals surface area (Å²) in [5.41, 5.74) is 4.09. The molecule has 17 heavy (non-hydrogen) atoms. The lowest BCUT2D eigenvalue weighted by Gasteiger charge is -2.21. The van der Waals surface area contributed by atoms with E-state index in [1.54, 1.807) is 0 Å². The summed E-state index contributed by atoms with van der Waals surface area (Å²) in [5.74, 6) is 0. The first-order chi connectivity index (χ1) is 7.84. The maximum atomic E-state index is 3.34. The van der Waals surface area contributed by atoms with Gasteiger partial charge < -0.3 is 9.88 Å². The summed E-state index contributed by atoms with van der Waals surface area (Å²) in [6, 6.07) is 8.51. The first-order valence-corrected chi connectivity index (χ1v) is 5.78. The highest BCUT2D eigenvalue weighted by Gasteiger charge is 2.12. The van der Waals surface area contributed by atoms with E-state index in [0.717, 1.165) is 19.5 Å².